The average Bonchev–Trinajstić information content (AvgIpc) is 3.08. The second kappa shape index (κ2) is 8.11. The van der Waals surface area contributed by atoms with E-state index < -0.39 is 11.8 Å². The number of nitrogens with zero attached hydrogens (tertiary/aromatic N) is 1. The molecule has 0 saturated carbocycles. The summed E-state index contributed by atoms with van der Waals surface area (Å²) in [6, 6.07) is 21.3. The van der Waals surface area contributed by atoms with Crippen LogP contribution in [0.2, 0.25) is 0 Å². The number of carbonyl (C=O) groups is 2. The molecule has 0 saturated heterocycles. The maximum Gasteiger partial charge on any atom is 0.282 e. The minimum atomic E-state index is -0.447. The summed E-state index contributed by atoms with van der Waals surface area (Å²) in [4.78, 5) is 28.2. The van der Waals surface area contributed by atoms with Gasteiger partial charge in [-0.1, -0.05) is 36.4 Å². The molecule has 5 rings (SSSR count). The van der Waals surface area contributed by atoms with Crippen molar-refractivity contribution in [1.29, 1.82) is 0 Å². The van der Waals surface area contributed by atoms with E-state index in [4.69, 9.17) is 14.2 Å². The highest BCUT2D eigenvalue weighted by Crippen LogP contribution is 2.39. The van der Waals surface area contributed by atoms with Crippen molar-refractivity contribution in [2.75, 3.05) is 30.5 Å². The first-order chi connectivity index (χ1) is 15.7. The highest BCUT2D eigenvalue weighted by Gasteiger charge is 2.41. The van der Waals surface area contributed by atoms with Crippen LogP contribution in [0.3, 0.4) is 0 Å². The first-order valence-corrected chi connectivity index (χ1v) is 10.2. The molecule has 2 amide bonds. The Morgan fingerprint density at radius 3 is 2.34 bits per heavy atom. The van der Waals surface area contributed by atoms with E-state index in [0.29, 0.717) is 47.4 Å². The molecule has 1 N–H and O–H groups in total. The summed E-state index contributed by atoms with van der Waals surface area (Å²) in [6.45, 7) is 0.937. The SMILES string of the molecule is COc1ccccc1C1=C(Nc2ccc3c(c2)OCCO3)C(=O)N(c2ccccc2)C1=O. The molecule has 7 heteroatoms. The second-order valence-electron chi connectivity index (χ2n) is 7.21. The molecule has 0 aromatic heterocycles. The lowest BCUT2D eigenvalue weighted by Crippen LogP contribution is -2.32. The number of rotatable bonds is 5. The van der Waals surface area contributed by atoms with E-state index in [-0.39, 0.29) is 11.3 Å². The third-order valence-corrected chi connectivity index (χ3v) is 5.29. The summed E-state index contributed by atoms with van der Waals surface area (Å²) in [5.74, 6) is 0.848. The van der Waals surface area contributed by atoms with Gasteiger partial charge in [0.25, 0.3) is 11.8 Å². The molecule has 0 spiro atoms. The Hall–Kier alpha value is -4.26. The van der Waals surface area contributed by atoms with Crippen LogP contribution in [0.1, 0.15) is 5.56 Å². The van der Waals surface area contributed by atoms with Crippen molar-refractivity contribution in [3.8, 4) is 17.2 Å². The predicted octanol–water partition coefficient (Wildman–Crippen LogP) is 3.86. The molecule has 0 radical (unpaired) electrons. The molecule has 3 aromatic rings. The van der Waals surface area contributed by atoms with Gasteiger partial charge in [0, 0.05) is 17.3 Å². The number of nitrogens with one attached hydrogen (secondary N) is 1. The molecule has 2 aliphatic heterocycles. The number of ether oxygens (including phenoxy) is 3. The maximum absolute atomic E-state index is 13.5. The highest BCUT2D eigenvalue weighted by atomic mass is 16.6. The van der Waals surface area contributed by atoms with Crippen LogP contribution < -0.4 is 24.4 Å². The van der Waals surface area contributed by atoms with Crippen molar-refractivity contribution >= 4 is 28.8 Å². The van der Waals surface area contributed by atoms with E-state index in [2.05, 4.69) is 5.32 Å². The number of hydrogen-bond donors (Lipinski definition) is 1. The van der Waals surface area contributed by atoms with Gasteiger partial charge in [-0.3, -0.25) is 9.59 Å². The van der Waals surface area contributed by atoms with Gasteiger partial charge in [-0.2, -0.15) is 0 Å². The molecule has 0 unspecified atom stereocenters. The summed E-state index contributed by atoms with van der Waals surface area (Å²) >= 11 is 0. The maximum atomic E-state index is 13.5. The smallest absolute Gasteiger partial charge is 0.282 e. The number of benzene rings is 3. The Balaban J connectivity index is 1.62. The first kappa shape index (κ1) is 19.7. The topological polar surface area (TPSA) is 77.1 Å². The fourth-order valence-electron chi connectivity index (χ4n) is 3.82. The van der Waals surface area contributed by atoms with Crippen LogP contribution in [0, 0.1) is 0 Å². The zero-order chi connectivity index (χ0) is 22.1. The number of amides is 2. The van der Waals surface area contributed by atoms with Gasteiger partial charge in [0.15, 0.2) is 11.5 Å². The lowest BCUT2D eigenvalue weighted by atomic mass is 10.0. The van der Waals surface area contributed by atoms with Crippen molar-refractivity contribution < 1.29 is 23.8 Å². The largest absolute Gasteiger partial charge is 0.496 e. The third-order valence-electron chi connectivity index (χ3n) is 5.29. The second-order valence-corrected chi connectivity index (χ2v) is 7.21. The fourth-order valence-corrected chi connectivity index (χ4v) is 3.82. The summed E-state index contributed by atoms with van der Waals surface area (Å²) in [5, 5.41) is 3.15. The van der Waals surface area contributed by atoms with E-state index in [1.54, 1.807) is 60.7 Å². The molecule has 160 valence electrons. The molecule has 7 nitrogen and oxygen atoms in total. The van der Waals surface area contributed by atoms with Gasteiger partial charge >= 0.3 is 0 Å². The van der Waals surface area contributed by atoms with Gasteiger partial charge < -0.3 is 19.5 Å². The van der Waals surface area contributed by atoms with E-state index in [1.165, 1.54) is 12.0 Å². The Kier molecular flexibility index (Phi) is 4.99. The lowest BCUT2D eigenvalue weighted by molar-refractivity contribution is -0.120. The number of methoxy groups -OCH3 is 1. The minimum Gasteiger partial charge on any atom is -0.496 e. The summed E-state index contributed by atoms with van der Waals surface area (Å²) < 4.78 is 16.7. The van der Waals surface area contributed by atoms with Crippen molar-refractivity contribution in [2.24, 2.45) is 0 Å². The van der Waals surface area contributed by atoms with Gasteiger partial charge in [-0.05, 0) is 30.3 Å². The summed E-state index contributed by atoms with van der Waals surface area (Å²) in [5.41, 5.74) is 2.04. The van der Waals surface area contributed by atoms with E-state index in [9.17, 15) is 9.59 Å². The number of para-hydroxylation sites is 2. The molecule has 0 bridgehead atoms. The van der Waals surface area contributed by atoms with Gasteiger partial charge in [0.05, 0.1) is 18.4 Å². The normalized spacial score (nSPS) is 15.2. The van der Waals surface area contributed by atoms with Crippen LogP contribution in [0.15, 0.2) is 78.5 Å². The molecule has 0 atom stereocenters. The molecule has 0 fully saturated rings. The number of hydrogen-bond acceptors (Lipinski definition) is 6. The molecule has 2 aliphatic rings. The monoisotopic (exact) mass is 428 g/mol. The summed E-state index contributed by atoms with van der Waals surface area (Å²) in [7, 11) is 1.53. The Bertz CT molecular complexity index is 1240. The van der Waals surface area contributed by atoms with Crippen LogP contribution in [0.25, 0.3) is 5.57 Å². The van der Waals surface area contributed by atoms with Crippen LogP contribution >= 0.6 is 0 Å². The van der Waals surface area contributed by atoms with Crippen molar-refractivity contribution in [2.45, 2.75) is 0 Å². The van der Waals surface area contributed by atoms with E-state index >= 15 is 0 Å². The lowest BCUT2D eigenvalue weighted by Gasteiger charge is -2.19. The summed E-state index contributed by atoms with van der Waals surface area (Å²) in [6.07, 6.45) is 0. The Morgan fingerprint density at radius 1 is 0.844 bits per heavy atom. The quantitative estimate of drug-likeness (QED) is 0.622. The van der Waals surface area contributed by atoms with Gasteiger partial charge in [0.2, 0.25) is 0 Å². The number of imide groups is 1. The molecular weight excluding hydrogens is 408 g/mol. The van der Waals surface area contributed by atoms with Gasteiger partial charge in [0.1, 0.15) is 24.7 Å². The van der Waals surface area contributed by atoms with Gasteiger partial charge in [-0.15, -0.1) is 0 Å². The molecule has 3 aromatic carbocycles. The zero-order valence-corrected chi connectivity index (χ0v) is 17.3. The molecule has 2 heterocycles. The van der Waals surface area contributed by atoms with Crippen molar-refractivity contribution in [3.63, 3.8) is 0 Å². The first-order valence-electron chi connectivity index (χ1n) is 10.2. The zero-order valence-electron chi connectivity index (χ0n) is 17.3. The van der Waals surface area contributed by atoms with Crippen LogP contribution in [0.5, 0.6) is 17.2 Å². The third kappa shape index (κ3) is 3.33. The average molecular weight is 428 g/mol. The molecular formula is C25H20N2O5. The van der Waals surface area contributed by atoms with Crippen LogP contribution in [-0.4, -0.2) is 32.1 Å². The number of anilines is 2. The fraction of sp³-hybridized carbons (Fsp3) is 0.120. The molecule has 0 aliphatic carbocycles. The van der Waals surface area contributed by atoms with E-state index in [1.807, 2.05) is 12.1 Å². The van der Waals surface area contributed by atoms with E-state index in [0.717, 1.165) is 0 Å². The standard InChI is InChI=1S/C25H20N2O5/c1-30-19-10-6-5-9-18(19)22-23(25(29)27(24(22)28)17-7-3-2-4-8-17)26-16-11-12-20-21(15-16)32-14-13-31-20/h2-12,15,26H,13-14H2,1H3. The predicted molar refractivity (Wildman–Crippen MR) is 120 cm³/mol. The Morgan fingerprint density at radius 2 is 1.56 bits per heavy atom. The van der Waals surface area contributed by atoms with Crippen molar-refractivity contribution in [3.05, 3.63) is 84.1 Å². The van der Waals surface area contributed by atoms with Crippen molar-refractivity contribution in [1.82, 2.24) is 0 Å². The molecule has 32 heavy (non-hydrogen) atoms. The highest BCUT2D eigenvalue weighted by molar-refractivity contribution is 6.46. The number of carbonyl (C=O) groups excluding carboxylic acids is 2. The van der Waals surface area contributed by atoms with Crippen LogP contribution in [0.4, 0.5) is 11.4 Å². The van der Waals surface area contributed by atoms with Gasteiger partial charge in [-0.25, -0.2) is 4.90 Å². The Labute approximate surface area is 184 Å². The van der Waals surface area contributed by atoms with Crippen LogP contribution in [-0.2, 0) is 9.59 Å². The number of fused-ring (bicyclic) bond motifs is 1. The minimum absolute atomic E-state index is 0.167.